The summed E-state index contributed by atoms with van der Waals surface area (Å²) in [5.74, 6) is 0.521. The lowest BCUT2D eigenvalue weighted by atomic mass is 9.96. The summed E-state index contributed by atoms with van der Waals surface area (Å²) in [6.07, 6.45) is 4.59. The Kier molecular flexibility index (Phi) is 2.89. The van der Waals surface area contributed by atoms with Crippen molar-refractivity contribution in [1.29, 1.82) is 0 Å². The molecule has 1 saturated heterocycles. The fourth-order valence-corrected chi connectivity index (χ4v) is 1.97. The predicted molar refractivity (Wildman–Crippen MR) is 60.6 cm³/mol. The van der Waals surface area contributed by atoms with Crippen LogP contribution in [0, 0.1) is 5.92 Å². The summed E-state index contributed by atoms with van der Waals surface area (Å²) in [5.41, 5.74) is 11.6. The first-order chi connectivity index (χ1) is 7.68. The van der Waals surface area contributed by atoms with Crippen LogP contribution < -0.4 is 16.4 Å². The van der Waals surface area contributed by atoms with Gasteiger partial charge in [0.2, 0.25) is 5.91 Å². The number of nitrogen functional groups attached to an aromatic ring is 1. The highest BCUT2D eigenvalue weighted by atomic mass is 16.1. The molecule has 0 saturated carbocycles. The highest BCUT2D eigenvalue weighted by molar-refractivity contribution is 5.77. The van der Waals surface area contributed by atoms with Crippen LogP contribution in [0.2, 0.25) is 0 Å². The number of hydrogen-bond donors (Lipinski definition) is 2. The fourth-order valence-electron chi connectivity index (χ4n) is 1.97. The fraction of sp³-hybridized carbons (Fsp3) is 0.500. The lowest BCUT2D eigenvalue weighted by molar-refractivity contribution is -0.122. The molecule has 16 heavy (non-hydrogen) atoms. The van der Waals surface area contributed by atoms with Gasteiger partial charge in [-0.2, -0.15) is 0 Å². The summed E-state index contributed by atoms with van der Waals surface area (Å²) in [6.45, 7) is 1.52. The maximum absolute atomic E-state index is 11.0. The molecule has 0 aliphatic carbocycles. The van der Waals surface area contributed by atoms with E-state index in [4.69, 9.17) is 11.5 Å². The average Bonchev–Trinajstić information content (AvgIpc) is 2.30. The molecular weight excluding hydrogens is 206 g/mol. The number of amides is 1. The molecule has 0 bridgehead atoms. The van der Waals surface area contributed by atoms with Crippen molar-refractivity contribution in [2.45, 2.75) is 12.8 Å². The smallest absolute Gasteiger partial charge is 0.220 e. The number of aromatic nitrogens is 2. The maximum Gasteiger partial charge on any atom is 0.220 e. The van der Waals surface area contributed by atoms with Crippen molar-refractivity contribution in [2.24, 2.45) is 11.7 Å². The highest BCUT2D eigenvalue weighted by Gasteiger charge is 2.24. The minimum absolute atomic E-state index is 0.0145. The van der Waals surface area contributed by atoms with Gasteiger partial charge in [-0.05, 0) is 12.8 Å². The molecule has 0 aromatic carbocycles. The van der Waals surface area contributed by atoms with Gasteiger partial charge in [-0.1, -0.05) is 0 Å². The maximum atomic E-state index is 11.0. The van der Waals surface area contributed by atoms with E-state index in [-0.39, 0.29) is 11.8 Å². The first kappa shape index (κ1) is 10.7. The third kappa shape index (κ3) is 2.05. The number of rotatable bonds is 2. The van der Waals surface area contributed by atoms with Gasteiger partial charge in [0.15, 0.2) is 5.82 Å². The van der Waals surface area contributed by atoms with Crippen LogP contribution >= 0.6 is 0 Å². The second kappa shape index (κ2) is 4.34. The summed E-state index contributed by atoms with van der Waals surface area (Å²) in [5, 5.41) is 0. The Balaban J connectivity index is 2.05. The molecule has 1 amide bonds. The second-order valence-electron chi connectivity index (χ2n) is 3.97. The Morgan fingerprint density at radius 2 is 2.12 bits per heavy atom. The molecule has 0 radical (unpaired) electrons. The molecule has 1 aromatic rings. The van der Waals surface area contributed by atoms with Crippen LogP contribution in [0.5, 0.6) is 0 Å². The number of piperidine rings is 1. The SMILES string of the molecule is NC(=O)C1CCN(c2ncncc2N)CC1. The Morgan fingerprint density at radius 1 is 1.44 bits per heavy atom. The van der Waals surface area contributed by atoms with Crippen LogP contribution in [0.15, 0.2) is 12.5 Å². The van der Waals surface area contributed by atoms with Crippen LogP contribution in [0.25, 0.3) is 0 Å². The largest absolute Gasteiger partial charge is 0.394 e. The van der Waals surface area contributed by atoms with Crippen LogP contribution in [0.3, 0.4) is 0 Å². The summed E-state index contributed by atoms with van der Waals surface area (Å²) < 4.78 is 0. The zero-order valence-electron chi connectivity index (χ0n) is 8.97. The van der Waals surface area contributed by atoms with E-state index < -0.39 is 0 Å². The summed E-state index contributed by atoms with van der Waals surface area (Å²) >= 11 is 0. The third-order valence-electron chi connectivity index (χ3n) is 2.92. The van der Waals surface area contributed by atoms with Crippen LogP contribution in [-0.2, 0) is 4.79 Å². The molecule has 6 heteroatoms. The Hall–Kier alpha value is -1.85. The van der Waals surface area contributed by atoms with Gasteiger partial charge >= 0.3 is 0 Å². The van der Waals surface area contributed by atoms with E-state index in [1.807, 2.05) is 0 Å². The van der Waals surface area contributed by atoms with E-state index >= 15 is 0 Å². The van der Waals surface area contributed by atoms with Crippen LogP contribution in [0.1, 0.15) is 12.8 Å². The van der Waals surface area contributed by atoms with Crippen molar-refractivity contribution in [3.63, 3.8) is 0 Å². The zero-order chi connectivity index (χ0) is 11.5. The summed E-state index contributed by atoms with van der Waals surface area (Å²) in [4.78, 5) is 21.1. The van der Waals surface area contributed by atoms with E-state index in [2.05, 4.69) is 14.9 Å². The van der Waals surface area contributed by atoms with Crippen molar-refractivity contribution in [3.8, 4) is 0 Å². The molecule has 2 heterocycles. The first-order valence-electron chi connectivity index (χ1n) is 5.28. The van der Waals surface area contributed by atoms with Gasteiger partial charge < -0.3 is 16.4 Å². The number of hydrogen-bond acceptors (Lipinski definition) is 5. The second-order valence-corrected chi connectivity index (χ2v) is 3.97. The molecule has 1 aromatic heterocycles. The third-order valence-corrected chi connectivity index (χ3v) is 2.92. The van der Waals surface area contributed by atoms with Gasteiger partial charge in [-0.15, -0.1) is 0 Å². The van der Waals surface area contributed by atoms with E-state index in [0.717, 1.165) is 31.7 Å². The summed E-state index contributed by atoms with van der Waals surface area (Å²) in [7, 11) is 0. The molecule has 6 nitrogen and oxygen atoms in total. The number of nitrogens with two attached hydrogens (primary N) is 2. The number of carbonyl (C=O) groups is 1. The number of anilines is 2. The van der Waals surface area contributed by atoms with Gasteiger partial charge in [0.25, 0.3) is 0 Å². The molecular formula is C10H15N5O. The Morgan fingerprint density at radius 3 is 2.69 bits per heavy atom. The molecule has 2 rings (SSSR count). The lowest BCUT2D eigenvalue weighted by Gasteiger charge is -2.31. The van der Waals surface area contributed by atoms with E-state index in [1.165, 1.54) is 6.33 Å². The quantitative estimate of drug-likeness (QED) is 0.718. The highest BCUT2D eigenvalue weighted by Crippen LogP contribution is 2.24. The predicted octanol–water partition coefficient (Wildman–Crippen LogP) is -0.240. The van der Waals surface area contributed by atoms with Crippen LogP contribution in [0.4, 0.5) is 11.5 Å². The molecule has 0 spiro atoms. The van der Waals surface area contributed by atoms with Crippen molar-refractivity contribution in [3.05, 3.63) is 12.5 Å². The number of nitrogens with zero attached hydrogens (tertiary/aromatic N) is 3. The monoisotopic (exact) mass is 221 g/mol. The van der Waals surface area contributed by atoms with Crippen LogP contribution in [-0.4, -0.2) is 29.0 Å². The molecule has 86 valence electrons. The van der Waals surface area contributed by atoms with Gasteiger partial charge in [-0.25, -0.2) is 9.97 Å². The van der Waals surface area contributed by atoms with E-state index in [1.54, 1.807) is 6.20 Å². The topological polar surface area (TPSA) is 98.1 Å². The van der Waals surface area contributed by atoms with Crippen molar-refractivity contribution < 1.29 is 4.79 Å². The van der Waals surface area contributed by atoms with Gasteiger partial charge in [0, 0.05) is 19.0 Å². The summed E-state index contributed by atoms with van der Waals surface area (Å²) in [6, 6.07) is 0. The Labute approximate surface area is 93.7 Å². The Bertz CT molecular complexity index is 387. The van der Waals surface area contributed by atoms with Crippen molar-refractivity contribution in [1.82, 2.24) is 9.97 Å². The van der Waals surface area contributed by atoms with E-state index in [0.29, 0.717) is 5.69 Å². The molecule has 1 fully saturated rings. The molecule has 1 aliphatic heterocycles. The lowest BCUT2D eigenvalue weighted by Crippen LogP contribution is -2.39. The standard InChI is InChI=1S/C10H15N5O/c11-8-5-13-6-14-10(8)15-3-1-7(2-4-15)9(12)16/h5-7H,1-4,11H2,(H2,12,16). The van der Waals surface area contributed by atoms with Crippen molar-refractivity contribution >= 4 is 17.4 Å². The molecule has 1 aliphatic rings. The minimum Gasteiger partial charge on any atom is -0.394 e. The number of carbonyl (C=O) groups excluding carboxylic acids is 1. The first-order valence-corrected chi connectivity index (χ1v) is 5.28. The normalized spacial score (nSPS) is 17.4. The van der Waals surface area contributed by atoms with Crippen molar-refractivity contribution in [2.75, 3.05) is 23.7 Å². The zero-order valence-corrected chi connectivity index (χ0v) is 8.97. The average molecular weight is 221 g/mol. The van der Waals surface area contributed by atoms with Gasteiger partial charge in [0.05, 0.1) is 11.9 Å². The molecule has 0 atom stereocenters. The molecule has 4 N–H and O–H groups in total. The van der Waals surface area contributed by atoms with E-state index in [9.17, 15) is 4.79 Å². The van der Waals surface area contributed by atoms with Gasteiger partial charge in [-0.3, -0.25) is 4.79 Å². The minimum atomic E-state index is -0.213. The number of primary amides is 1. The van der Waals surface area contributed by atoms with Gasteiger partial charge in [0.1, 0.15) is 6.33 Å². The molecule has 0 unspecified atom stereocenters.